The van der Waals surface area contributed by atoms with Gasteiger partial charge in [-0.25, -0.2) is 5.84 Å². The highest BCUT2D eigenvalue weighted by Gasteiger charge is 1.73. The monoisotopic (exact) mass is 114 g/mol. The second-order valence-corrected chi connectivity index (χ2v) is 1.15. The Morgan fingerprint density at radius 1 is 1.50 bits per heavy atom. The second kappa shape index (κ2) is 4.01. The minimum absolute atomic E-state index is 0.381. The van der Waals surface area contributed by atoms with Gasteiger partial charge in [-0.2, -0.15) is 0 Å². The van der Waals surface area contributed by atoms with Crippen LogP contribution >= 0.6 is 0 Å². The lowest BCUT2D eigenvalue weighted by atomic mass is 10.5. The van der Waals surface area contributed by atoms with Crippen molar-refractivity contribution in [2.24, 2.45) is 17.3 Å². The molecule has 0 saturated carbocycles. The Morgan fingerprint density at radius 2 is 2.12 bits per heavy atom. The topological polar surface area (TPSA) is 90.1 Å². The summed E-state index contributed by atoms with van der Waals surface area (Å²) >= 11 is 0. The van der Waals surface area contributed by atoms with E-state index in [1.807, 2.05) is 0 Å². The van der Waals surface area contributed by atoms with E-state index in [0.717, 1.165) is 0 Å². The largest absolute Gasteiger partial charge is 0.405 e. The fourth-order valence-electron chi connectivity index (χ4n) is 0.207. The zero-order chi connectivity index (χ0) is 6.41. The number of hydrazine groups is 1. The van der Waals surface area contributed by atoms with Crippen LogP contribution in [0.5, 0.6) is 0 Å². The van der Waals surface area contributed by atoms with Gasteiger partial charge in [0.25, 0.3) is 0 Å². The van der Waals surface area contributed by atoms with Gasteiger partial charge < -0.3 is 16.9 Å². The van der Waals surface area contributed by atoms with Gasteiger partial charge in [-0.05, 0) is 18.4 Å². The lowest BCUT2D eigenvalue weighted by molar-refractivity contribution is 0.869. The van der Waals surface area contributed by atoms with Crippen LogP contribution in [-0.2, 0) is 0 Å². The van der Waals surface area contributed by atoms with Gasteiger partial charge in [-0.1, -0.05) is 0 Å². The van der Waals surface area contributed by atoms with Gasteiger partial charge >= 0.3 is 0 Å². The number of hydrogen-bond donors (Lipinski definition) is 4. The van der Waals surface area contributed by atoms with Crippen molar-refractivity contribution in [1.82, 2.24) is 5.43 Å². The molecule has 0 rings (SSSR count). The molecule has 0 spiro atoms. The first-order chi connectivity index (χ1) is 3.81. The van der Waals surface area contributed by atoms with Crippen LogP contribution in [0.15, 0.2) is 24.2 Å². The molecule has 0 fully saturated rings. The van der Waals surface area contributed by atoms with E-state index in [1.54, 1.807) is 12.2 Å². The van der Waals surface area contributed by atoms with Crippen molar-refractivity contribution in [3.8, 4) is 0 Å². The molecule has 0 aliphatic heterocycles. The van der Waals surface area contributed by atoms with Crippen LogP contribution in [0.25, 0.3) is 0 Å². The molecule has 0 aromatic heterocycles. The van der Waals surface area contributed by atoms with Crippen LogP contribution in [0, 0.1) is 0 Å². The highest BCUT2D eigenvalue weighted by molar-refractivity contribution is 5.05. The van der Waals surface area contributed by atoms with E-state index in [0.29, 0.717) is 5.82 Å². The van der Waals surface area contributed by atoms with E-state index in [-0.39, 0.29) is 0 Å². The van der Waals surface area contributed by atoms with Crippen LogP contribution in [-0.4, -0.2) is 0 Å². The van der Waals surface area contributed by atoms with Gasteiger partial charge in [0.15, 0.2) is 0 Å². The molecule has 0 aromatic rings. The van der Waals surface area contributed by atoms with Crippen LogP contribution in [0.4, 0.5) is 0 Å². The van der Waals surface area contributed by atoms with Gasteiger partial charge in [0, 0.05) is 0 Å². The Hall–Kier alpha value is -1.16. The van der Waals surface area contributed by atoms with Gasteiger partial charge in [-0.3, -0.25) is 0 Å². The number of allylic oxidation sites excluding steroid dienone is 2. The summed E-state index contributed by atoms with van der Waals surface area (Å²) in [6, 6.07) is 0. The number of nitrogens with one attached hydrogen (secondary N) is 1. The smallest absolute Gasteiger partial charge is 0.110 e. The van der Waals surface area contributed by atoms with Crippen LogP contribution in [0.2, 0.25) is 0 Å². The Labute approximate surface area is 48.0 Å². The summed E-state index contributed by atoms with van der Waals surface area (Å²) in [6.07, 6.45) is 4.50. The molecule has 8 heavy (non-hydrogen) atoms. The molecule has 0 amide bonds. The SMILES string of the molecule is N/C=C\C=C(/N)NN. The number of nitrogens with two attached hydrogens (primary N) is 3. The van der Waals surface area contributed by atoms with Crippen LogP contribution < -0.4 is 22.7 Å². The van der Waals surface area contributed by atoms with Gasteiger partial charge in [0.05, 0.1) is 0 Å². The van der Waals surface area contributed by atoms with Crippen molar-refractivity contribution < 1.29 is 0 Å². The first-order valence-corrected chi connectivity index (χ1v) is 2.12. The predicted molar refractivity (Wildman–Crippen MR) is 32.9 cm³/mol. The highest BCUT2D eigenvalue weighted by Crippen LogP contribution is 1.72. The van der Waals surface area contributed by atoms with Crippen molar-refractivity contribution >= 4 is 0 Å². The van der Waals surface area contributed by atoms with Gasteiger partial charge in [-0.15, -0.1) is 0 Å². The molecule has 4 heteroatoms. The average Bonchev–Trinajstić information content (AvgIpc) is 1.83. The molecule has 0 bridgehead atoms. The third kappa shape index (κ3) is 3.05. The molecule has 0 aromatic carbocycles. The molecule has 0 atom stereocenters. The van der Waals surface area contributed by atoms with E-state index < -0.39 is 0 Å². The predicted octanol–water partition coefficient (Wildman–Crippen LogP) is -1.28. The van der Waals surface area contributed by atoms with E-state index in [4.69, 9.17) is 17.3 Å². The van der Waals surface area contributed by atoms with E-state index >= 15 is 0 Å². The van der Waals surface area contributed by atoms with Crippen molar-refractivity contribution in [2.75, 3.05) is 0 Å². The Morgan fingerprint density at radius 3 is 2.50 bits per heavy atom. The molecule has 0 aliphatic carbocycles. The molecule has 46 valence electrons. The van der Waals surface area contributed by atoms with Crippen molar-refractivity contribution in [3.05, 3.63) is 24.2 Å². The highest BCUT2D eigenvalue weighted by atomic mass is 15.3. The summed E-state index contributed by atoms with van der Waals surface area (Å²) in [5.74, 6) is 5.28. The zero-order valence-electron chi connectivity index (χ0n) is 4.46. The van der Waals surface area contributed by atoms with Crippen molar-refractivity contribution in [1.29, 1.82) is 0 Å². The third-order valence-corrected chi connectivity index (χ3v) is 0.554. The molecular formula is C4H10N4. The first kappa shape index (κ1) is 6.84. The molecular weight excluding hydrogens is 104 g/mol. The summed E-state index contributed by atoms with van der Waals surface area (Å²) < 4.78 is 0. The van der Waals surface area contributed by atoms with Crippen molar-refractivity contribution in [2.45, 2.75) is 0 Å². The Kier molecular flexibility index (Phi) is 3.43. The van der Waals surface area contributed by atoms with Crippen molar-refractivity contribution in [3.63, 3.8) is 0 Å². The fraction of sp³-hybridized carbons (Fsp3) is 0. The van der Waals surface area contributed by atoms with E-state index in [9.17, 15) is 0 Å². The maximum atomic E-state index is 5.18. The van der Waals surface area contributed by atoms with E-state index in [1.165, 1.54) is 6.20 Å². The first-order valence-electron chi connectivity index (χ1n) is 2.12. The normalized spacial score (nSPS) is 12.4. The molecule has 0 unspecified atom stereocenters. The molecule has 7 N–H and O–H groups in total. The summed E-state index contributed by atoms with van der Waals surface area (Å²) in [5, 5.41) is 0. The van der Waals surface area contributed by atoms with Gasteiger partial charge in [0.1, 0.15) is 5.82 Å². The number of rotatable bonds is 2. The fourth-order valence-corrected chi connectivity index (χ4v) is 0.207. The maximum Gasteiger partial charge on any atom is 0.110 e. The Balaban J connectivity index is 3.57. The summed E-state index contributed by atoms with van der Waals surface area (Å²) in [6.45, 7) is 0. The third-order valence-electron chi connectivity index (χ3n) is 0.554. The van der Waals surface area contributed by atoms with E-state index in [2.05, 4.69) is 5.43 Å². The second-order valence-electron chi connectivity index (χ2n) is 1.15. The molecule has 0 heterocycles. The Bertz CT molecular complexity index is 105. The zero-order valence-corrected chi connectivity index (χ0v) is 4.46. The summed E-state index contributed by atoms with van der Waals surface area (Å²) in [7, 11) is 0. The molecule has 0 aliphatic rings. The number of hydrogen-bond acceptors (Lipinski definition) is 4. The lowest BCUT2D eigenvalue weighted by Gasteiger charge is -1.92. The van der Waals surface area contributed by atoms with Crippen LogP contribution in [0.1, 0.15) is 0 Å². The summed E-state index contributed by atoms with van der Waals surface area (Å²) in [4.78, 5) is 0. The minimum Gasteiger partial charge on any atom is -0.405 e. The molecule has 0 radical (unpaired) electrons. The lowest BCUT2D eigenvalue weighted by Crippen LogP contribution is -2.26. The quantitative estimate of drug-likeness (QED) is 0.204. The minimum atomic E-state index is 0.381. The average molecular weight is 114 g/mol. The molecule has 4 nitrogen and oxygen atoms in total. The standard InChI is InChI=1S/C4H10N4/c5-3-1-2-4(6)8-7/h1-3,8H,5-7H2/b3-1-,4-2+. The van der Waals surface area contributed by atoms with Gasteiger partial charge in [0.2, 0.25) is 0 Å². The maximum absolute atomic E-state index is 5.18. The van der Waals surface area contributed by atoms with Crippen LogP contribution in [0.3, 0.4) is 0 Å². The molecule has 0 saturated heterocycles. The summed E-state index contributed by atoms with van der Waals surface area (Å²) in [5.41, 5.74) is 12.4.